The lowest BCUT2D eigenvalue weighted by atomic mass is 10.2. The number of nitrogens with zero attached hydrogens (tertiary/aromatic N) is 3. The summed E-state index contributed by atoms with van der Waals surface area (Å²) in [4.78, 5) is 22.6. The Labute approximate surface area is 141 Å². The molecule has 0 spiro atoms. The molecule has 5 nitrogen and oxygen atoms in total. The van der Waals surface area contributed by atoms with E-state index < -0.39 is 0 Å². The number of nitrogens with one attached hydrogen (secondary N) is 1. The fourth-order valence-corrected chi connectivity index (χ4v) is 2.30. The molecule has 24 heavy (non-hydrogen) atoms. The summed E-state index contributed by atoms with van der Waals surface area (Å²) in [7, 11) is 0. The van der Waals surface area contributed by atoms with E-state index in [9.17, 15) is 4.79 Å². The van der Waals surface area contributed by atoms with Gasteiger partial charge in [0.15, 0.2) is 0 Å². The summed E-state index contributed by atoms with van der Waals surface area (Å²) in [6.07, 6.45) is 3.26. The molecule has 120 valence electrons. The van der Waals surface area contributed by atoms with Gasteiger partial charge in [-0.15, -0.1) is 0 Å². The molecule has 0 saturated carbocycles. The van der Waals surface area contributed by atoms with Crippen LogP contribution in [0.25, 0.3) is 0 Å². The number of benzene rings is 2. The van der Waals surface area contributed by atoms with E-state index >= 15 is 0 Å². The third kappa shape index (κ3) is 4.16. The van der Waals surface area contributed by atoms with E-state index in [4.69, 9.17) is 0 Å². The molecule has 0 aliphatic carbocycles. The van der Waals surface area contributed by atoms with Crippen LogP contribution in [0.1, 0.15) is 11.1 Å². The Balaban J connectivity index is 1.75. The lowest BCUT2D eigenvalue weighted by molar-refractivity contribution is 0.245. The molecule has 0 unspecified atom stereocenters. The Bertz CT molecular complexity index is 763. The van der Waals surface area contributed by atoms with Crippen molar-refractivity contribution in [3.05, 3.63) is 90.3 Å². The van der Waals surface area contributed by atoms with Crippen LogP contribution in [0.3, 0.4) is 0 Å². The standard InChI is InChI=1S/C19H18N4O/c24-19(22-14-16-8-3-1-4-9-16)23(18-20-12-7-13-21-18)15-17-10-5-2-6-11-17/h1-13H,14-15H2,(H,22,24). The van der Waals surface area contributed by atoms with Gasteiger partial charge in [0, 0.05) is 18.9 Å². The van der Waals surface area contributed by atoms with Gasteiger partial charge >= 0.3 is 6.03 Å². The molecule has 3 rings (SSSR count). The number of hydrogen-bond acceptors (Lipinski definition) is 3. The highest BCUT2D eigenvalue weighted by Gasteiger charge is 2.18. The number of urea groups is 1. The van der Waals surface area contributed by atoms with E-state index in [2.05, 4.69) is 15.3 Å². The Morgan fingerprint density at radius 3 is 2.04 bits per heavy atom. The van der Waals surface area contributed by atoms with Crippen LogP contribution in [0.15, 0.2) is 79.1 Å². The van der Waals surface area contributed by atoms with E-state index in [1.807, 2.05) is 60.7 Å². The zero-order chi connectivity index (χ0) is 16.6. The van der Waals surface area contributed by atoms with E-state index in [0.717, 1.165) is 11.1 Å². The Kier molecular flexibility index (Phi) is 5.14. The summed E-state index contributed by atoms with van der Waals surface area (Å²) in [5.41, 5.74) is 2.05. The molecule has 0 fully saturated rings. The van der Waals surface area contributed by atoms with Gasteiger partial charge in [-0.3, -0.25) is 4.90 Å². The highest BCUT2D eigenvalue weighted by molar-refractivity contribution is 5.89. The molecular weight excluding hydrogens is 300 g/mol. The van der Waals surface area contributed by atoms with Crippen LogP contribution in [0.4, 0.5) is 10.7 Å². The summed E-state index contributed by atoms with van der Waals surface area (Å²) >= 11 is 0. The van der Waals surface area contributed by atoms with Crippen molar-refractivity contribution in [2.75, 3.05) is 4.90 Å². The highest BCUT2D eigenvalue weighted by Crippen LogP contribution is 2.12. The van der Waals surface area contributed by atoms with Crippen molar-refractivity contribution in [3.8, 4) is 0 Å². The van der Waals surface area contributed by atoms with Gasteiger partial charge in [-0.25, -0.2) is 14.8 Å². The molecule has 0 saturated heterocycles. The zero-order valence-corrected chi connectivity index (χ0v) is 13.2. The smallest absolute Gasteiger partial charge is 0.324 e. The summed E-state index contributed by atoms with van der Waals surface area (Å²) in [5.74, 6) is 0.381. The number of anilines is 1. The number of hydrogen-bond donors (Lipinski definition) is 1. The molecule has 1 N–H and O–H groups in total. The number of aromatic nitrogens is 2. The third-order valence-electron chi connectivity index (χ3n) is 3.51. The summed E-state index contributed by atoms with van der Waals surface area (Å²) in [6, 6.07) is 21.1. The van der Waals surface area contributed by atoms with Crippen molar-refractivity contribution in [3.63, 3.8) is 0 Å². The van der Waals surface area contributed by atoms with Crippen LogP contribution in [-0.4, -0.2) is 16.0 Å². The molecule has 1 heterocycles. The van der Waals surface area contributed by atoms with Crippen molar-refractivity contribution < 1.29 is 4.79 Å². The normalized spacial score (nSPS) is 10.2. The number of amides is 2. The second-order valence-electron chi connectivity index (χ2n) is 5.26. The van der Waals surface area contributed by atoms with Crippen LogP contribution in [-0.2, 0) is 13.1 Å². The second-order valence-corrected chi connectivity index (χ2v) is 5.26. The first-order chi connectivity index (χ1) is 11.8. The van der Waals surface area contributed by atoms with E-state index in [1.165, 1.54) is 4.90 Å². The van der Waals surface area contributed by atoms with Gasteiger partial charge in [-0.1, -0.05) is 60.7 Å². The second kappa shape index (κ2) is 7.87. The van der Waals surface area contributed by atoms with Crippen LogP contribution in [0, 0.1) is 0 Å². The zero-order valence-electron chi connectivity index (χ0n) is 13.2. The van der Waals surface area contributed by atoms with E-state index in [-0.39, 0.29) is 6.03 Å². The molecule has 0 aliphatic rings. The Morgan fingerprint density at radius 2 is 1.42 bits per heavy atom. The van der Waals surface area contributed by atoms with Gasteiger partial charge in [0.25, 0.3) is 0 Å². The molecule has 0 bridgehead atoms. The SMILES string of the molecule is O=C(NCc1ccccc1)N(Cc1ccccc1)c1ncccn1. The number of rotatable bonds is 5. The van der Waals surface area contributed by atoms with Crippen molar-refractivity contribution in [2.45, 2.75) is 13.1 Å². The molecular formula is C19H18N4O. The maximum atomic E-state index is 12.7. The predicted octanol–water partition coefficient (Wildman–Crippen LogP) is 3.39. The number of carbonyl (C=O) groups is 1. The van der Waals surface area contributed by atoms with E-state index in [0.29, 0.717) is 19.0 Å². The average molecular weight is 318 g/mol. The van der Waals surface area contributed by atoms with Crippen LogP contribution in [0.5, 0.6) is 0 Å². The van der Waals surface area contributed by atoms with Gasteiger partial charge < -0.3 is 5.32 Å². The molecule has 0 aliphatic heterocycles. The molecule has 2 amide bonds. The van der Waals surface area contributed by atoms with Crippen LogP contribution in [0.2, 0.25) is 0 Å². The first kappa shape index (κ1) is 15.7. The maximum Gasteiger partial charge on any atom is 0.324 e. The first-order valence-corrected chi connectivity index (χ1v) is 7.73. The first-order valence-electron chi connectivity index (χ1n) is 7.73. The fourth-order valence-electron chi connectivity index (χ4n) is 2.30. The fraction of sp³-hybridized carbons (Fsp3) is 0.105. The minimum Gasteiger partial charge on any atom is -0.334 e. The quantitative estimate of drug-likeness (QED) is 0.784. The van der Waals surface area contributed by atoms with Crippen LogP contribution < -0.4 is 10.2 Å². The summed E-state index contributed by atoms with van der Waals surface area (Å²) < 4.78 is 0. The molecule has 0 radical (unpaired) electrons. The van der Waals surface area contributed by atoms with Gasteiger partial charge in [-0.2, -0.15) is 0 Å². The third-order valence-corrected chi connectivity index (χ3v) is 3.51. The van der Waals surface area contributed by atoms with Crippen LogP contribution >= 0.6 is 0 Å². The number of carbonyl (C=O) groups excluding carboxylic acids is 1. The molecule has 5 heteroatoms. The average Bonchev–Trinajstić information content (AvgIpc) is 2.66. The van der Waals surface area contributed by atoms with Crippen molar-refractivity contribution in [1.82, 2.24) is 15.3 Å². The summed E-state index contributed by atoms with van der Waals surface area (Å²) in [6.45, 7) is 0.864. The van der Waals surface area contributed by atoms with Crippen molar-refractivity contribution >= 4 is 12.0 Å². The van der Waals surface area contributed by atoms with E-state index in [1.54, 1.807) is 18.5 Å². The minimum absolute atomic E-state index is 0.228. The van der Waals surface area contributed by atoms with Gasteiger partial charge in [0.05, 0.1) is 6.54 Å². The van der Waals surface area contributed by atoms with Crippen molar-refractivity contribution in [1.29, 1.82) is 0 Å². The molecule has 0 atom stereocenters. The largest absolute Gasteiger partial charge is 0.334 e. The lowest BCUT2D eigenvalue weighted by Crippen LogP contribution is -2.40. The monoisotopic (exact) mass is 318 g/mol. The highest BCUT2D eigenvalue weighted by atomic mass is 16.2. The van der Waals surface area contributed by atoms with Gasteiger partial charge in [0.1, 0.15) is 0 Å². The summed E-state index contributed by atoms with van der Waals surface area (Å²) in [5, 5.41) is 2.92. The molecule has 2 aromatic carbocycles. The minimum atomic E-state index is -0.228. The van der Waals surface area contributed by atoms with Gasteiger partial charge in [-0.05, 0) is 17.2 Å². The molecule has 3 aromatic rings. The Hall–Kier alpha value is -3.21. The lowest BCUT2D eigenvalue weighted by Gasteiger charge is -2.21. The van der Waals surface area contributed by atoms with Crippen molar-refractivity contribution in [2.24, 2.45) is 0 Å². The predicted molar refractivity (Wildman–Crippen MR) is 93.3 cm³/mol. The maximum absolute atomic E-state index is 12.7. The Morgan fingerprint density at radius 1 is 0.833 bits per heavy atom. The van der Waals surface area contributed by atoms with Gasteiger partial charge in [0.2, 0.25) is 5.95 Å². The molecule has 1 aromatic heterocycles. The topological polar surface area (TPSA) is 58.1 Å².